The molecule has 0 unspecified atom stereocenters. The quantitative estimate of drug-likeness (QED) is 0.861. The molecule has 2 aliphatic heterocycles. The van der Waals surface area contributed by atoms with Crippen LogP contribution in [0.4, 0.5) is 11.4 Å². The van der Waals surface area contributed by atoms with Crippen molar-refractivity contribution in [1.82, 2.24) is 0 Å². The average Bonchev–Trinajstić information content (AvgIpc) is 3.01. The molecule has 0 saturated carbocycles. The van der Waals surface area contributed by atoms with E-state index in [1.807, 2.05) is 32.0 Å². The maximum atomic E-state index is 12.7. The van der Waals surface area contributed by atoms with Gasteiger partial charge < -0.3 is 5.32 Å². The van der Waals surface area contributed by atoms with Crippen molar-refractivity contribution in [3.05, 3.63) is 23.8 Å². The number of carbonyl (C=O) groups excluding carboxylic acids is 2. The fourth-order valence-electron chi connectivity index (χ4n) is 3.29. The van der Waals surface area contributed by atoms with Gasteiger partial charge in [0, 0.05) is 18.7 Å². The van der Waals surface area contributed by atoms with Crippen LogP contribution in [0.15, 0.2) is 18.2 Å². The van der Waals surface area contributed by atoms with Gasteiger partial charge >= 0.3 is 0 Å². The third-order valence-corrected chi connectivity index (χ3v) is 4.81. The zero-order valence-corrected chi connectivity index (χ0v) is 12.0. The smallest absolute Gasteiger partial charge is 0.240 e. The molecule has 3 rings (SSSR count). The minimum absolute atomic E-state index is 0.0293. The Morgan fingerprint density at radius 1 is 1.25 bits per heavy atom. The molecule has 0 aromatic heterocycles. The summed E-state index contributed by atoms with van der Waals surface area (Å²) in [5.74, 6) is -0.0944. The molecule has 4 nitrogen and oxygen atoms in total. The molecule has 2 amide bonds. The number of rotatable bonds is 3. The number of imide groups is 1. The van der Waals surface area contributed by atoms with Gasteiger partial charge in [0.25, 0.3) is 0 Å². The van der Waals surface area contributed by atoms with E-state index in [4.69, 9.17) is 0 Å². The highest BCUT2D eigenvalue weighted by Gasteiger charge is 2.49. The van der Waals surface area contributed by atoms with E-state index in [-0.39, 0.29) is 11.8 Å². The number of amides is 2. The van der Waals surface area contributed by atoms with Crippen LogP contribution in [0.2, 0.25) is 0 Å². The minimum atomic E-state index is -0.492. The van der Waals surface area contributed by atoms with Crippen molar-refractivity contribution in [2.24, 2.45) is 5.41 Å². The predicted octanol–water partition coefficient (Wildman–Crippen LogP) is 2.72. The number of hydrogen-bond donors (Lipinski definition) is 1. The molecule has 20 heavy (non-hydrogen) atoms. The molecule has 0 aliphatic carbocycles. The van der Waals surface area contributed by atoms with E-state index in [1.165, 1.54) is 10.5 Å². The Kier molecular flexibility index (Phi) is 3.04. The molecule has 1 saturated heterocycles. The van der Waals surface area contributed by atoms with Crippen LogP contribution >= 0.6 is 0 Å². The van der Waals surface area contributed by atoms with E-state index in [1.54, 1.807) is 0 Å². The monoisotopic (exact) mass is 272 g/mol. The normalized spacial score (nSPS) is 20.2. The molecular weight excluding hydrogens is 252 g/mol. The summed E-state index contributed by atoms with van der Waals surface area (Å²) in [6.07, 6.45) is 2.73. The fourth-order valence-corrected chi connectivity index (χ4v) is 3.29. The Balaban J connectivity index is 1.98. The second kappa shape index (κ2) is 4.62. The summed E-state index contributed by atoms with van der Waals surface area (Å²) in [6.45, 7) is 4.91. The second-order valence-corrected chi connectivity index (χ2v) is 5.72. The van der Waals surface area contributed by atoms with Crippen molar-refractivity contribution < 1.29 is 9.59 Å². The first-order valence-corrected chi connectivity index (χ1v) is 7.35. The standard InChI is InChI=1S/C16H20N2O2/c1-3-16(4-2)10-14(19)18(15(16)20)12-5-6-13-11(9-12)7-8-17-13/h5-6,9,17H,3-4,7-8,10H2,1-2H3. The van der Waals surface area contributed by atoms with Crippen molar-refractivity contribution in [3.63, 3.8) is 0 Å². The molecule has 4 heteroatoms. The van der Waals surface area contributed by atoms with Gasteiger partial charge in [0.1, 0.15) is 0 Å². The largest absolute Gasteiger partial charge is 0.384 e. The van der Waals surface area contributed by atoms with Crippen LogP contribution in [-0.4, -0.2) is 18.4 Å². The minimum Gasteiger partial charge on any atom is -0.384 e. The number of benzene rings is 1. The van der Waals surface area contributed by atoms with Crippen molar-refractivity contribution in [2.75, 3.05) is 16.8 Å². The fraction of sp³-hybridized carbons (Fsp3) is 0.500. The first-order chi connectivity index (χ1) is 9.61. The van der Waals surface area contributed by atoms with Crippen LogP contribution in [0, 0.1) is 5.41 Å². The maximum absolute atomic E-state index is 12.7. The number of fused-ring (bicyclic) bond motifs is 1. The number of anilines is 2. The zero-order chi connectivity index (χ0) is 14.3. The summed E-state index contributed by atoms with van der Waals surface area (Å²) in [5.41, 5.74) is 2.54. The van der Waals surface area contributed by atoms with Crippen molar-refractivity contribution in [2.45, 2.75) is 39.5 Å². The Morgan fingerprint density at radius 2 is 2.00 bits per heavy atom. The van der Waals surface area contributed by atoms with Crippen molar-refractivity contribution in [1.29, 1.82) is 0 Å². The molecule has 0 atom stereocenters. The number of nitrogens with one attached hydrogen (secondary N) is 1. The Morgan fingerprint density at radius 3 is 2.65 bits per heavy atom. The van der Waals surface area contributed by atoms with E-state index in [2.05, 4.69) is 5.32 Å². The van der Waals surface area contributed by atoms with Gasteiger partial charge in [-0.15, -0.1) is 0 Å². The van der Waals surface area contributed by atoms with Crippen LogP contribution in [-0.2, 0) is 16.0 Å². The second-order valence-electron chi connectivity index (χ2n) is 5.72. The number of nitrogens with zero attached hydrogens (tertiary/aromatic N) is 1. The highest BCUT2D eigenvalue weighted by atomic mass is 16.2. The molecule has 1 aromatic carbocycles. The molecule has 106 valence electrons. The summed E-state index contributed by atoms with van der Waals surface area (Å²) in [5, 5.41) is 3.29. The lowest BCUT2D eigenvalue weighted by atomic mass is 9.81. The topological polar surface area (TPSA) is 49.4 Å². The maximum Gasteiger partial charge on any atom is 0.240 e. The van der Waals surface area contributed by atoms with E-state index in [9.17, 15) is 9.59 Å². The summed E-state index contributed by atoms with van der Waals surface area (Å²) in [4.78, 5) is 26.4. The Hall–Kier alpha value is -1.84. The van der Waals surface area contributed by atoms with E-state index >= 15 is 0 Å². The highest BCUT2D eigenvalue weighted by molar-refractivity contribution is 6.22. The van der Waals surface area contributed by atoms with E-state index in [0.717, 1.165) is 37.2 Å². The van der Waals surface area contributed by atoms with Gasteiger partial charge in [-0.1, -0.05) is 13.8 Å². The lowest BCUT2D eigenvalue weighted by Crippen LogP contribution is -2.35. The number of carbonyl (C=O) groups is 2. The van der Waals surface area contributed by atoms with Crippen molar-refractivity contribution in [3.8, 4) is 0 Å². The zero-order valence-electron chi connectivity index (χ0n) is 12.0. The number of hydrogen-bond acceptors (Lipinski definition) is 3. The van der Waals surface area contributed by atoms with Crippen LogP contribution < -0.4 is 10.2 Å². The molecule has 2 aliphatic rings. The molecule has 2 heterocycles. The summed E-state index contributed by atoms with van der Waals surface area (Å²) >= 11 is 0. The Bertz CT molecular complexity index is 576. The SMILES string of the molecule is CCC1(CC)CC(=O)N(c2ccc3c(c2)CCN3)C1=O. The van der Waals surface area contributed by atoms with E-state index < -0.39 is 5.41 Å². The molecule has 1 aromatic rings. The third-order valence-electron chi connectivity index (χ3n) is 4.81. The van der Waals surface area contributed by atoms with Gasteiger partial charge in [-0.2, -0.15) is 0 Å². The van der Waals surface area contributed by atoms with Gasteiger partial charge in [0.2, 0.25) is 11.8 Å². The first kappa shape index (κ1) is 13.2. The lowest BCUT2D eigenvalue weighted by Gasteiger charge is -2.23. The van der Waals surface area contributed by atoms with Gasteiger partial charge in [-0.05, 0) is 43.0 Å². The molecular formula is C16H20N2O2. The van der Waals surface area contributed by atoms with Gasteiger partial charge in [-0.25, -0.2) is 0 Å². The first-order valence-electron chi connectivity index (χ1n) is 7.35. The van der Waals surface area contributed by atoms with E-state index in [0.29, 0.717) is 6.42 Å². The summed E-state index contributed by atoms with van der Waals surface area (Å²) < 4.78 is 0. The summed E-state index contributed by atoms with van der Waals surface area (Å²) in [6, 6.07) is 5.82. The highest BCUT2D eigenvalue weighted by Crippen LogP contribution is 2.42. The van der Waals surface area contributed by atoms with Crippen LogP contribution in [0.3, 0.4) is 0 Å². The van der Waals surface area contributed by atoms with Crippen LogP contribution in [0.5, 0.6) is 0 Å². The van der Waals surface area contributed by atoms with Crippen molar-refractivity contribution >= 4 is 23.2 Å². The van der Waals surface area contributed by atoms with Gasteiger partial charge in [0.05, 0.1) is 11.1 Å². The molecule has 0 spiro atoms. The third kappa shape index (κ3) is 1.74. The van der Waals surface area contributed by atoms with Crippen LogP contribution in [0.1, 0.15) is 38.7 Å². The molecule has 1 N–H and O–H groups in total. The molecule has 1 fully saturated rings. The van der Waals surface area contributed by atoms with Gasteiger partial charge in [-0.3, -0.25) is 14.5 Å². The Labute approximate surface area is 119 Å². The lowest BCUT2D eigenvalue weighted by molar-refractivity contribution is -0.126. The van der Waals surface area contributed by atoms with Crippen LogP contribution in [0.25, 0.3) is 0 Å². The molecule has 0 radical (unpaired) electrons. The molecule has 0 bridgehead atoms. The average molecular weight is 272 g/mol. The summed E-state index contributed by atoms with van der Waals surface area (Å²) in [7, 11) is 0. The van der Waals surface area contributed by atoms with Gasteiger partial charge in [0.15, 0.2) is 0 Å². The predicted molar refractivity (Wildman–Crippen MR) is 78.8 cm³/mol.